The highest BCUT2D eigenvalue weighted by molar-refractivity contribution is 7.98. The minimum absolute atomic E-state index is 0.0725. The van der Waals surface area contributed by atoms with E-state index in [1.165, 1.54) is 5.56 Å². The number of amides is 1. The number of thiazole rings is 1. The number of carbonyl (C=O) groups is 1. The molecule has 0 saturated heterocycles. The summed E-state index contributed by atoms with van der Waals surface area (Å²) in [4.78, 5) is 25.6. The fraction of sp³-hybridized carbons (Fsp3) is 0.174. The van der Waals surface area contributed by atoms with Gasteiger partial charge in [-0.15, -0.1) is 11.8 Å². The van der Waals surface area contributed by atoms with Crippen LogP contribution in [0.2, 0.25) is 0 Å². The van der Waals surface area contributed by atoms with Crippen LogP contribution in [-0.2, 0) is 6.54 Å². The Balaban J connectivity index is 1.77. The van der Waals surface area contributed by atoms with Gasteiger partial charge in [0.25, 0.3) is 5.91 Å². The van der Waals surface area contributed by atoms with Crippen LogP contribution in [0.4, 0.5) is 5.13 Å². The third kappa shape index (κ3) is 4.04. The number of benzene rings is 2. The monoisotopic (exact) mass is 419 g/mol. The molecule has 2 aromatic heterocycles. The molecule has 2 aromatic carbocycles. The predicted molar refractivity (Wildman–Crippen MR) is 122 cm³/mol. The molecule has 0 spiro atoms. The van der Waals surface area contributed by atoms with Crippen LogP contribution < -0.4 is 4.90 Å². The first-order valence-corrected chi connectivity index (χ1v) is 11.3. The van der Waals surface area contributed by atoms with Crippen molar-refractivity contribution < 1.29 is 4.79 Å². The Morgan fingerprint density at radius 2 is 1.86 bits per heavy atom. The van der Waals surface area contributed by atoms with Gasteiger partial charge in [-0.3, -0.25) is 14.7 Å². The molecule has 4 aromatic rings. The van der Waals surface area contributed by atoms with Crippen LogP contribution >= 0.6 is 23.1 Å². The number of hydrogen-bond acceptors (Lipinski definition) is 5. The summed E-state index contributed by atoms with van der Waals surface area (Å²) in [6.07, 6.45) is 3.77. The first-order chi connectivity index (χ1) is 14.1. The van der Waals surface area contributed by atoms with E-state index in [1.54, 1.807) is 34.2 Å². The van der Waals surface area contributed by atoms with Gasteiger partial charge in [-0.2, -0.15) is 0 Å². The van der Waals surface area contributed by atoms with Crippen LogP contribution in [0.1, 0.15) is 27.2 Å². The summed E-state index contributed by atoms with van der Waals surface area (Å²) in [6.45, 7) is 4.53. The Morgan fingerprint density at radius 3 is 2.55 bits per heavy atom. The highest BCUT2D eigenvalue weighted by Crippen LogP contribution is 2.33. The normalized spacial score (nSPS) is 11.0. The highest BCUT2D eigenvalue weighted by atomic mass is 32.2. The van der Waals surface area contributed by atoms with Gasteiger partial charge in [-0.25, -0.2) is 4.98 Å². The molecular weight excluding hydrogens is 398 g/mol. The molecule has 0 aliphatic rings. The van der Waals surface area contributed by atoms with Gasteiger partial charge in [0.05, 0.1) is 22.5 Å². The van der Waals surface area contributed by atoms with Crippen LogP contribution in [0.15, 0.2) is 65.7 Å². The molecule has 6 heteroatoms. The Morgan fingerprint density at radius 1 is 1.07 bits per heavy atom. The van der Waals surface area contributed by atoms with Crippen molar-refractivity contribution in [1.82, 2.24) is 9.97 Å². The number of hydrogen-bond donors (Lipinski definition) is 0. The van der Waals surface area contributed by atoms with Crippen molar-refractivity contribution in [2.45, 2.75) is 25.3 Å². The Bertz CT molecular complexity index is 1150. The lowest BCUT2D eigenvalue weighted by atomic mass is 10.1. The van der Waals surface area contributed by atoms with Crippen LogP contribution in [0.3, 0.4) is 0 Å². The molecule has 1 amide bonds. The zero-order valence-electron chi connectivity index (χ0n) is 16.5. The second kappa shape index (κ2) is 8.35. The maximum atomic E-state index is 13.4. The third-order valence-corrected chi connectivity index (χ3v) is 6.72. The number of thioether (sulfide) groups is 1. The van der Waals surface area contributed by atoms with Crippen LogP contribution in [-0.4, -0.2) is 22.1 Å². The maximum absolute atomic E-state index is 13.4. The molecular formula is C23H21N3OS2. The Labute approximate surface area is 178 Å². The SMILES string of the molecule is CSc1ccc(C(=O)N(Cc2ccccn2)c2nc3c(C)c(C)ccc3s2)cc1. The van der Waals surface area contributed by atoms with E-state index in [0.717, 1.165) is 26.4 Å². The first kappa shape index (κ1) is 19.6. The zero-order valence-corrected chi connectivity index (χ0v) is 18.2. The Hall–Kier alpha value is -2.70. The van der Waals surface area contributed by atoms with Crippen molar-refractivity contribution in [1.29, 1.82) is 0 Å². The molecule has 146 valence electrons. The molecule has 0 saturated carbocycles. The lowest BCUT2D eigenvalue weighted by Crippen LogP contribution is -2.30. The van der Waals surface area contributed by atoms with Gasteiger partial charge in [-0.05, 0) is 73.7 Å². The summed E-state index contributed by atoms with van der Waals surface area (Å²) in [5.74, 6) is -0.0725. The quantitative estimate of drug-likeness (QED) is 0.379. The number of nitrogens with zero attached hydrogens (tertiary/aromatic N) is 3. The molecule has 0 fully saturated rings. The minimum atomic E-state index is -0.0725. The van der Waals surface area contributed by atoms with Gasteiger partial charge in [-0.1, -0.05) is 23.5 Å². The fourth-order valence-corrected chi connectivity index (χ4v) is 4.53. The fourth-order valence-electron chi connectivity index (χ4n) is 3.10. The van der Waals surface area contributed by atoms with E-state index in [1.807, 2.05) is 48.7 Å². The molecule has 0 bridgehead atoms. The first-order valence-electron chi connectivity index (χ1n) is 9.29. The molecule has 29 heavy (non-hydrogen) atoms. The number of carbonyl (C=O) groups excluding carboxylic acids is 1. The van der Waals surface area contributed by atoms with Crippen molar-refractivity contribution in [3.8, 4) is 0 Å². The van der Waals surface area contributed by atoms with Crippen molar-refractivity contribution in [3.05, 3.63) is 83.2 Å². The number of anilines is 1. The average molecular weight is 420 g/mol. The highest BCUT2D eigenvalue weighted by Gasteiger charge is 2.23. The van der Waals surface area contributed by atoms with E-state index in [4.69, 9.17) is 4.98 Å². The molecule has 4 nitrogen and oxygen atoms in total. The molecule has 0 unspecified atom stereocenters. The molecule has 4 rings (SSSR count). The van der Waals surface area contributed by atoms with Crippen LogP contribution in [0, 0.1) is 13.8 Å². The molecule has 0 radical (unpaired) electrons. The summed E-state index contributed by atoms with van der Waals surface area (Å²) in [6, 6.07) is 17.6. The average Bonchev–Trinajstić information content (AvgIpc) is 3.20. The van der Waals surface area contributed by atoms with E-state index in [2.05, 4.69) is 31.0 Å². The second-order valence-corrected chi connectivity index (χ2v) is 8.68. The summed E-state index contributed by atoms with van der Waals surface area (Å²) in [7, 11) is 0. The summed E-state index contributed by atoms with van der Waals surface area (Å²) in [5, 5.41) is 0.693. The van der Waals surface area contributed by atoms with Crippen LogP contribution in [0.5, 0.6) is 0 Å². The van der Waals surface area contributed by atoms with E-state index < -0.39 is 0 Å². The summed E-state index contributed by atoms with van der Waals surface area (Å²) in [5.41, 5.74) is 4.78. The van der Waals surface area contributed by atoms with Crippen molar-refractivity contribution >= 4 is 44.4 Å². The smallest absolute Gasteiger partial charge is 0.260 e. The van der Waals surface area contributed by atoms with Gasteiger partial charge < -0.3 is 0 Å². The topological polar surface area (TPSA) is 46.1 Å². The Kier molecular flexibility index (Phi) is 5.65. The van der Waals surface area contributed by atoms with E-state index in [-0.39, 0.29) is 5.91 Å². The number of aryl methyl sites for hydroxylation is 2. The summed E-state index contributed by atoms with van der Waals surface area (Å²) < 4.78 is 1.08. The third-order valence-electron chi connectivity index (χ3n) is 4.93. The lowest BCUT2D eigenvalue weighted by Gasteiger charge is -2.19. The number of rotatable bonds is 5. The van der Waals surface area contributed by atoms with Crippen molar-refractivity contribution in [3.63, 3.8) is 0 Å². The largest absolute Gasteiger partial charge is 0.278 e. The van der Waals surface area contributed by atoms with Gasteiger partial charge in [0.2, 0.25) is 0 Å². The molecule has 0 aliphatic carbocycles. The van der Waals surface area contributed by atoms with E-state index >= 15 is 0 Å². The van der Waals surface area contributed by atoms with Gasteiger partial charge in [0, 0.05) is 16.7 Å². The van der Waals surface area contributed by atoms with E-state index in [0.29, 0.717) is 17.2 Å². The predicted octanol–water partition coefficient (Wildman–Crippen LogP) is 5.88. The standard InChI is InChI=1S/C23H21N3OS2/c1-15-7-12-20-21(16(15)2)25-23(29-20)26(14-18-6-4-5-13-24-18)22(27)17-8-10-19(28-3)11-9-17/h4-13H,14H2,1-3H3. The number of aromatic nitrogens is 2. The molecule has 2 heterocycles. The maximum Gasteiger partial charge on any atom is 0.260 e. The second-order valence-electron chi connectivity index (χ2n) is 6.79. The molecule has 0 N–H and O–H groups in total. The zero-order chi connectivity index (χ0) is 20.4. The van der Waals surface area contributed by atoms with Crippen LogP contribution in [0.25, 0.3) is 10.2 Å². The summed E-state index contributed by atoms with van der Waals surface area (Å²) >= 11 is 3.20. The van der Waals surface area contributed by atoms with Gasteiger partial charge in [0.15, 0.2) is 5.13 Å². The lowest BCUT2D eigenvalue weighted by molar-refractivity contribution is 0.0984. The number of pyridine rings is 1. The van der Waals surface area contributed by atoms with Gasteiger partial charge >= 0.3 is 0 Å². The molecule has 0 atom stereocenters. The van der Waals surface area contributed by atoms with Crippen molar-refractivity contribution in [2.24, 2.45) is 0 Å². The van der Waals surface area contributed by atoms with Gasteiger partial charge in [0.1, 0.15) is 0 Å². The van der Waals surface area contributed by atoms with E-state index in [9.17, 15) is 4.79 Å². The number of fused-ring (bicyclic) bond motifs is 1. The minimum Gasteiger partial charge on any atom is -0.278 e. The van der Waals surface area contributed by atoms with Crippen molar-refractivity contribution in [2.75, 3.05) is 11.2 Å². The molecule has 0 aliphatic heterocycles.